The Labute approximate surface area is 178 Å². The van der Waals surface area contributed by atoms with Crippen molar-refractivity contribution < 1.29 is 23.8 Å². The van der Waals surface area contributed by atoms with Crippen LogP contribution in [0, 0.1) is 0 Å². The average Bonchev–Trinajstić information content (AvgIpc) is 3.42. The minimum absolute atomic E-state index is 0.0325. The molecule has 0 bridgehead atoms. The lowest BCUT2D eigenvalue weighted by molar-refractivity contribution is -0.130. The molecule has 1 atom stereocenters. The second kappa shape index (κ2) is 8.71. The Kier molecular flexibility index (Phi) is 5.66. The van der Waals surface area contributed by atoms with Crippen molar-refractivity contribution in [2.45, 2.75) is 12.6 Å². The van der Waals surface area contributed by atoms with Crippen LogP contribution in [0.25, 0.3) is 0 Å². The Balaban J connectivity index is 1.78. The summed E-state index contributed by atoms with van der Waals surface area (Å²) in [6.45, 7) is 4.14. The van der Waals surface area contributed by atoms with Gasteiger partial charge >= 0.3 is 0 Å². The Morgan fingerprint density at radius 2 is 2.03 bits per heavy atom. The lowest BCUT2D eigenvalue weighted by Gasteiger charge is -2.27. The van der Waals surface area contributed by atoms with Gasteiger partial charge in [-0.15, -0.1) is 0 Å². The molecule has 0 fully saturated rings. The van der Waals surface area contributed by atoms with Crippen LogP contribution in [-0.2, 0) is 11.3 Å². The first-order valence-corrected chi connectivity index (χ1v) is 9.65. The van der Waals surface area contributed by atoms with E-state index in [0.29, 0.717) is 17.9 Å². The molecular formula is C24H20N2O5. The SMILES string of the molecule is C=CCOc1cccc([C@H]2C(C(=O)c3ccco3)=C(O)C(=O)N2Cc2ccncc2)c1. The first kappa shape index (κ1) is 20.2. The van der Waals surface area contributed by atoms with Gasteiger partial charge in [-0.3, -0.25) is 14.6 Å². The summed E-state index contributed by atoms with van der Waals surface area (Å²) >= 11 is 0. The number of rotatable bonds is 8. The Morgan fingerprint density at radius 1 is 1.23 bits per heavy atom. The molecule has 1 N–H and O–H groups in total. The highest BCUT2D eigenvalue weighted by atomic mass is 16.5. The van der Waals surface area contributed by atoms with E-state index in [1.807, 2.05) is 0 Å². The highest BCUT2D eigenvalue weighted by Crippen LogP contribution is 2.40. The monoisotopic (exact) mass is 416 g/mol. The largest absolute Gasteiger partial charge is 0.503 e. The second-order valence-corrected chi connectivity index (χ2v) is 6.93. The summed E-state index contributed by atoms with van der Waals surface area (Å²) in [6.07, 6.45) is 6.24. The molecule has 0 radical (unpaired) electrons. The fourth-order valence-corrected chi connectivity index (χ4v) is 3.55. The van der Waals surface area contributed by atoms with Crippen LogP contribution in [0.1, 0.15) is 27.7 Å². The van der Waals surface area contributed by atoms with Crippen molar-refractivity contribution in [1.29, 1.82) is 0 Å². The lowest BCUT2D eigenvalue weighted by atomic mass is 9.94. The lowest BCUT2D eigenvalue weighted by Crippen LogP contribution is -2.30. The van der Waals surface area contributed by atoms with Gasteiger partial charge < -0.3 is 19.2 Å². The summed E-state index contributed by atoms with van der Waals surface area (Å²) in [6, 6.07) is 12.9. The van der Waals surface area contributed by atoms with Crippen LogP contribution in [0.3, 0.4) is 0 Å². The van der Waals surface area contributed by atoms with Crippen LogP contribution >= 0.6 is 0 Å². The molecular weight excluding hydrogens is 396 g/mol. The minimum atomic E-state index is -0.814. The van der Waals surface area contributed by atoms with Gasteiger partial charge in [0.15, 0.2) is 11.5 Å². The smallest absolute Gasteiger partial charge is 0.290 e. The maximum Gasteiger partial charge on any atom is 0.290 e. The number of nitrogens with zero attached hydrogens (tertiary/aromatic N) is 2. The van der Waals surface area contributed by atoms with E-state index >= 15 is 0 Å². The zero-order valence-corrected chi connectivity index (χ0v) is 16.6. The molecule has 1 aliphatic rings. The van der Waals surface area contributed by atoms with Crippen molar-refractivity contribution in [3.8, 4) is 5.75 Å². The number of aliphatic hydroxyl groups excluding tert-OH is 1. The van der Waals surface area contributed by atoms with Gasteiger partial charge in [-0.05, 0) is 47.5 Å². The highest BCUT2D eigenvalue weighted by molar-refractivity contribution is 6.15. The van der Waals surface area contributed by atoms with Gasteiger partial charge in [-0.1, -0.05) is 24.8 Å². The molecule has 156 valence electrons. The summed E-state index contributed by atoms with van der Waals surface area (Å²) in [4.78, 5) is 31.6. The summed E-state index contributed by atoms with van der Waals surface area (Å²) in [5.74, 6) is -1.16. The predicted molar refractivity (Wildman–Crippen MR) is 112 cm³/mol. The third-order valence-corrected chi connectivity index (χ3v) is 4.94. The van der Waals surface area contributed by atoms with Crippen molar-refractivity contribution >= 4 is 11.7 Å². The molecule has 0 saturated heterocycles. The van der Waals surface area contributed by atoms with Crippen molar-refractivity contribution in [2.75, 3.05) is 6.61 Å². The van der Waals surface area contributed by atoms with E-state index in [0.717, 1.165) is 5.56 Å². The molecule has 1 aromatic carbocycles. The topological polar surface area (TPSA) is 92.9 Å². The Hall–Kier alpha value is -4.13. The molecule has 0 saturated carbocycles. The van der Waals surface area contributed by atoms with Crippen molar-refractivity contribution in [1.82, 2.24) is 9.88 Å². The number of amides is 1. The van der Waals surface area contributed by atoms with Gasteiger partial charge in [0, 0.05) is 18.9 Å². The van der Waals surface area contributed by atoms with Crippen LogP contribution in [0.15, 0.2) is 95.6 Å². The number of aliphatic hydroxyl groups is 1. The number of hydrogen-bond acceptors (Lipinski definition) is 6. The molecule has 1 amide bonds. The molecule has 0 unspecified atom stereocenters. The number of Topliss-reactive ketones (excluding diaryl/α,β-unsaturated/α-hetero) is 1. The van der Waals surface area contributed by atoms with Crippen molar-refractivity contribution in [3.63, 3.8) is 0 Å². The van der Waals surface area contributed by atoms with E-state index in [2.05, 4.69) is 11.6 Å². The van der Waals surface area contributed by atoms with E-state index in [1.165, 1.54) is 17.2 Å². The minimum Gasteiger partial charge on any atom is -0.503 e. The number of pyridine rings is 1. The number of benzene rings is 1. The third-order valence-electron chi connectivity index (χ3n) is 4.94. The van der Waals surface area contributed by atoms with Gasteiger partial charge in [-0.2, -0.15) is 0 Å². The van der Waals surface area contributed by atoms with E-state index in [9.17, 15) is 14.7 Å². The third kappa shape index (κ3) is 3.98. The van der Waals surface area contributed by atoms with Gasteiger partial charge in [0.05, 0.1) is 17.9 Å². The number of aromatic nitrogens is 1. The molecule has 4 rings (SSSR count). The maximum atomic E-state index is 13.2. The summed E-state index contributed by atoms with van der Waals surface area (Å²) in [7, 11) is 0. The number of furan rings is 1. The van der Waals surface area contributed by atoms with E-state index < -0.39 is 23.5 Å². The van der Waals surface area contributed by atoms with Gasteiger partial charge in [-0.25, -0.2) is 0 Å². The molecule has 3 heterocycles. The van der Waals surface area contributed by atoms with Crippen molar-refractivity contribution in [2.24, 2.45) is 0 Å². The van der Waals surface area contributed by atoms with Gasteiger partial charge in [0.2, 0.25) is 5.78 Å². The molecule has 31 heavy (non-hydrogen) atoms. The first-order chi connectivity index (χ1) is 15.1. The summed E-state index contributed by atoms with van der Waals surface area (Å²) in [5, 5.41) is 10.7. The van der Waals surface area contributed by atoms with E-state index in [4.69, 9.17) is 9.15 Å². The standard InChI is InChI=1S/C24H20N2O5/c1-2-12-30-18-6-3-5-17(14-18)21-20(22(27)19-7-4-13-31-19)23(28)24(29)26(21)15-16-8-10-25-11-9-16/h2-11,13-14,21,28H,1,12,15H2/t21-/m0/s1. The van der Waals surface area contributed by atoms with Crippen LogP contribution in [-0.4, -0.2) is 33.3 Å². The first-order valence-electron chi connectivity index (χ1n) is 9.65. The number of hydrogen-bond donors (Lipinski definition) is 1. The molecule has 3 aromatic rings. The van der Waals surface area contributed by atoms with Crippen LogP contribution in [0.5, 0.6) is 5.75 Å². The fraction of sp³-hybridized carbons (Fsp3) is 0.125. The summed E-state index contributed by atoms with van der Waals surface area (Å²) < 4.78 is 10.9. The molecule has 7 heteroatoms. The Morgan fingerprint density at radius 3 is 2.74 bits per heavy atom. The predicted octanol–water partition coefficient (Wildman–Crippen LogP) is 4.02. The Bertz CT molecular complexity index is 1140. The molecule has 2 aromatic heterocycles. The number of ether oxygens (including phenoxy) is 1. The highest BCUT2D eigenvalue weighted by Gasteiger charge is 2.44. The molecule has 0 spiro atoms. The zero-order chi connectivity index (χ0) is 21.8. The van der Waals surface area contributed by atoms with Gasteiger partial charge in [0.25, 0.3) is 5.91 Å². The van der Waals surface area contributed by atoms with Crippen LogP contribution < -0.4 is 4.74 Å². The van der Waals surface area contributed by atoms with Crippen LogP contribution in [0.2, 0.25) is 0 Å². The normalized spacial score (nSPS) is 15.9. The fourth-order valence-electron chi connectivity index (χ4n) is 3.55. The second-order valence-electron chi connectivity index (χ2n) is 6.93. The van der Waals surface area contributed by atoms with Crippen LogP contribution in [0.4, 0.5) is 0 Å². The number of carbonyl (C=O) groups is 2. The average molecular weight is 416 g/mol. The van der Waals surface area contributed by atoms with Gasteiger partial charge in [0.1, 0.15) is 12.4 Å². The summed E-state index contributed by atoms with van der Waals surface area (Å²) in [5.41, 5.74) is 1.41. The number of ketones is 1. The zero-order valence-electron chi connectivity index (χ0n) is 16.6. The molecule has 7 nitrogen and oxygen atoms in total. The molecule has 0 aliphatic carbocycles. The van der Waals surface area contributed by atoms with E-state index in [-0.39, 0.29) is 17.9 Å². The number of carbonyl (C=O) groups excluding carboxylic acids is 2. The van der Waals surface area contributed by atoms with E-state index in [1.54, 1.807) is 60.9 Å². The van der Waals surface area contributed by atoms with Crippen molar-refractivity contribution in [3.05, 3.63) is 108 Å². The molecule has 1 aliphatic heterocycles. The maximum absolute atomic E-state index is 13.2. The quantitative estimate of drug-likeness (QED) is 0.440.